The second-order valence-electron chi connectivity index (χ2n) is 3.27. The van der Waals surface area contributed by atoms with Crippen molar-refractivity contribution in [2.75, 3.05) is 7.11 Å². The number of halogens is 1. The highest BCUT2D eigenvalue weighted by molar-refractivity contribution is 9.10. The van der Waals surface area contributed by atoms with E-state index in [1.807, 2.05) is 36.4 Å². The fourth-order valence-electron chi connectivity index (χ4n) is 1.39. The van der Waals surface area contributed by atoms with Crippen LogP contribution in [0.4, 0.5) is 0 Å². The van der Waals surface area contributed by atoms with Crippen molar-refractivity contribution < 1.29 is 9.47 Å². The van der Waals surface area contributed by atoms with E-state index in [2.05, 4.69) is 20.9 Å². The van der Waals surface area contributed by atoms with Crippen molar-refractivity contribution in [1.29, 1.82) is 0 Å². The van der Waals surface area contributed by atoms with Gasteiger partial charge >= 0.3 is 0 Å². The van der Waals surface area contributed by atoms with Crippen LogP contribution in [0.2, 0.25) is 0 Å². The Bertz CT molecular complexity index is 468. The molecule has 2 aromatic rings. The minimum Gasteiger partial charge on any atom is -0.493 e. The average molecular weight is 282 g/mol. The monoisotopic (exact) mass is 281 g/mol. The standard InChI is InChI=1S/C12H12BrNO2/c1-15-10-4-2-3-5-11(10)16-8-9-6-7-12(13)14-9/h2-7,14H,8H2,1H3. The Balaban J connectivity index is 2.04. The predicted octanol–water partition coefficient (Wildman–Crippen LogP) is 3.36. The summed E-state index contributed by atoms with van der Waals surface area (Å²) in [6.45, 7) is 0.492. The fourth-order valence-corrected chi connectivity index (χ4v) is 1.78. The molecule has 0 fully saturated rings. The molecule has 0 amide bonds. The first-order valence-corrected chi connectivity index (χ1v) is 5.68. The zero-order chi connectivity index (χ0) is 11.4. The number of methoxy groups -OCH3 is 1. The molecule has 0 aliphatic carbocycles. The largest absolute Gasteiger partial charge is 0.493 e. The zero-order valence-electron chi connectivity index (χ0n) is 8.87. The Labute approximate surface area is 103 Å². The molecule has 16 heavy (non-hydrogen) atoms. The molecule has 4 heteroatoms. The Morgan fingerprint density at radius 3 is 2.50 bits per heavy atom. The third-order valence-corrected chi connectivity index (χ3v) is 2.63. The Kier molecular flexibility index (Phi) is 3.51. The minimum atomic E-state index is 0.492. The Morgan fingerprint density at radius 2 is 1.88 bits per heavy atom. The number of H-pyrrole nitrogens is 1. The van der Waals surface area contributed by atoms with Gasteiger partial charge in [-0.1, -0.05) is 12.1 Å². The Hall–Kier alpha value is -1.42. The van der Waals surface area contributed by atoms with Crippen LogP contribution in [0, 0.1) is 0 Å². The average Bonchev–Trinajstić information content (AvgIpc) is 2.73. The van der Waals surface area contributed by atoms with Crippen molar-refractivity contribution in [3.8, 4) is 11.5 Å². The van der Waals surface area contributed by atoms with Gasteiger partial charge in [-0.15, -0.1) is 0 Å². The van der Waals surface area contributed by atoms with Crippen molar-refractivity contribution in [3.05, 3.63) is 46.7 Å². The van der Waals surface area contributed by atoms with Crippen molar-refractivity contribution in [1.82, 2.24) is 4.98 Å². The summed E-state index contributed by atoms with van der Waals surface area (Å²) in [5, 5.41) is 0. The van der Waals surface area contributed by atoms with Gasteiger partial charge in [0.25, 0.3) is 0 Å². The molecule has 0 unspecified atom stereocenters. The summed E-state index contributed by atoms with van der Waals surface area (Å²) < 4.78 is 11.8. The molecule has 2 rings (SSSR count). The van der Waals surface area contributed by atoms with Crippen LogP contribution in [0.15, 0.2) is 41.0 Å². The summed E-state index contributed by atoms with van der Waals surface area (Å²) >= 11 is 3.35. The second-order valence-corrected chi connectivity index (χ2v) is 4.13. The molecule has 1 N–H and O–H groups in total. The number of ether oxygens (including phenoxy) is 2. The number of hydrogen-bond acceptors (Lipinski definition) is 2. The van der Waals surface area contributed by atoms with E-state index < -0.39 is 0 Å². The fraction of sp³-hybridized carbons (Fsp3) is 0.167. The van der Waals surface area contributed by atoms with Gasteiger partial charge in [-0.2, -0.15) is 0 Å². The van der Waals surface area contributed by atoms with E-state index in [1.165, 1.54) is 0 Å². The van der Waals surface area contributed by atoms with Gasteiger partial charge in [0.2, 0.25) is 0 Å². The van der Waals surface area contributed by atoms with Crippen molar-refractivity contribution in [2.45, 2.75) is 6.61 Å². The van der Waals surface area contributed by atoms with Crippen LogP contribution < -0.4 is 9.47 Å². The molecule has 1 aromatic carbocycles. The highest BCUT2D eigenvalue weighted by Gasteiger charge is 2.03. The number of aromatic amines is 1. The van der Waals surface area contributed by atoms with Gasteiger partial charge in [0.05, 0.1) is 17.4 Å². The lowest BCUT2D eigenvalue weighted by molar-refractivity contribution is 0.281. The quantitative estimate of drug-likeness (QED) is 0.933. The summed E-state index contributed by atoms with van der Waals surface area (Å²) in [7, 11) is 1.63. The lowest BCUT2D eigenvalue weighted by Crippen LogP contribution is -1.97. The molecule has 1 heterocycles. The highest BCUT2D eigenvalue weighted by Crippen LogP contribution is 2.26. The van der Waals surface area contributed by atoms with Crippen LogP contribution >= 0.6 is 15.9 Å². The van der Waals surface area contributed by atoms with Gasteiger partial charge in [-0.3, -0.25) is 0 Å². The molecular formula is C12H12BrNO2. The first kappa shape index (κ1) is 11.1. The van der Waals surface area contributed by atoms with Crippen LogP contribution in [0.25, 0.3) is 0 Å². The van der Waals surface area contributed by atoms with Crippen molar-refractivity contribution in [2.24, 2.45) is 0 Å². The summed E-state index contributed by atoms with van der Waals surface area (Å²) in [4.78, 5) is 3.13. The first-order valence-electron chi connectivity index (χ1n) is 4.89. The van der Waals surface area contributed by atoms with E-state index in [9.17, 15) is 0 Å². The van der Waals surface area contributed by atoms with E-state index in [1.54, 1.807) is 7.11 Å². The summed E-state index contributed by atoms with van der Waals surface area (Å²) in [6.07, 6.45) is 0. The second kappa shape index (κ2) is 5.07. The molecule has 0 bridgehead atoms. The smallest absolute Gasteiger partial charge is 0.161 e. The third-order valence-electron chi connectivity index (χ3n) is 2.16. The molecule has 0 saturated heterocycles. The highest BCUT2D eigenvalue weighted by atomic mass is 79.9. The summed E-state index contributed by atoms with van der Waals surface area (Å²) in [5.41, 5.74) is 1.01. The summed E-state index contributed by atoms with van der Waals surface area (Å²) in [5.74, 6) is 1.49. The molecule has 0 spiro atoms. The first-order chi connectivity index (χ1) is 7.79. The lowest BCUT2D eigenvalue weighted by Gasteiger charge is -2.09. The van der Waals surface area contributed by atoms with E-state index in [0.717, 1.165) is 21.8 Å². The lowest BCUT2D eigenvalue weighted by atomic mass is 10.3. The van der Waals surface area contributed by atoms with Gasteiger partial charge in [0.15, 0.2) is 11.5 Å². The van der Waals surface area contributed by atoms with E-state index in [-0.39, 0.29) is 0 Å². The van der Waals surface area contributed by atoms with Crippen LogP contribution in [0.5, 0.6) is 11.5 Å². The maximum absolute atomic E-state index is 5.65. The zero-order valence-corrected chi connectivity index (χ0v) is 10.5. The number of para-hydroxylation sites is 2. The molecule has 3 nitrogen and oxygen atoms in total. The van der Waals surface area contributed by atoms with Crippen molar-refractivity contribution in [3.63, 3.8) is 0 Å². The minimum absolute atomic E-state index is 0.492. The van der Waals surface area contributed by atoms with Crippen molar-refractivity contribution >= 4 is 15.9 Å². The van der Waals surface area contributed by atoms with Crippen LogP contribution in [-0.2, 0) is 6.61 Å². The third kappa shape index (κ3) is 2.58. The maximum atomic E-state index is 5.65. The van der Waals surface area contributed by atoms with E-state index in [0.29, 0.717) is 6.61 Å². The number of aromatic nitrogens is 1. The molecule has 0 atom stereocenters. The molecule has 84 valence electrons. The molecule has 1 aromatic heterocycles. The van der Waals surface area contributed by atoms with Crippen LogP contribution in [-0.4, -0.2) is 12.1 Å². The van der Waals surface area contributed by atoms with E-state index in [4.69, 9.17) is 9.47 Å². The van der Waals surface area contributed by atoms with Gasteiger partial charge in [0, 0.05) is 0 Å². The van der Waals surface area contributed by atoms with Crippen LogP contribution in [0.1, 0.15) is 5.69 Å². The van der Waals surface area contributed by atoms with Gasteiger partial charge in [-0.05, 0) is 40.2 Å². The van der Waals surface area contributed by atoms with Gasteiger partial charge < -0.3 is 14.5 Å². The Morgan fingerprint density at radius 1 is 1.12 bits per heavy atom. The van der Waals surface area contributed by atoms with E-state index >= 15 is 0 Å². The normalized spacial score (nSPS) is 10.1. The number of nitrogens with one attached hydrogen (secondary N) is 1. The van der Waals surface area contributed by atoms with Gasteiger partial charge in [0.1, 0.15) is 6.61 Å². The molecular weight excluding hydrogens is 270 g/mol. The van der Waals surface area contributed by atoms with Gasteiger partial charge in [-0.25, -0.2) is 0 Å². The number of rotatable bonds is 4. The molecule has 0 radical (unpaired) electrons. The molecule has 0 aliphatic heterocycles. The van der Waals surface area contributed by atoms with Crippen LogP contribution in [0.3, 0.4) is 0 Å². The topological polar surface area (TPSA) is 34.2 Å². The maximum Gasteiger partial charge on any atom is 0.161 e. The SMILES string of the molecule is COc1ccccc1OCc1ccc(Br)[nH]1. The summed E-state index contributed by atoms with van der Waals surface area (Å²) in [6, 6.07) is 11.5. The molecule has 0 saturated carbocycles. The predicted molar refractivity (Wildman–Crippen MR) is 65.8 cm³/mol. The molecule has 0 aliphatic rings. The number of hydrogen-bond donors (Lipinski definition) is 1. The number of benzene rings is 1.